The SMILES string of the molecule is C=C(Cl)CCc1cc(F)ccc1Br. The molecule has 0 saturated heterocycles. The number of halogens is 3. The Morgan fingerprint density at radius 3 is 2.85 bits per heavy atom. The van der Waals surface area contributed by atoms with Crippen molar-refractivity contribution in [3.63, 3.8) is 0 Å². The van der Waals surface area contributed by atoms with Crippen molar-refractivity contribution in [2.45, 2.75) is 12.8 Å². The average Bonchev–Trinajstić information content (AvgIpc) is 2.06. The van der Waals surface area contributed by atoms with Gasteiger partial charge in [-0.15, -0.1) is 0 Å². The summed E-state index contributed by atoms with van der Waals surface area (Å²) in [6.07, 6.45) is 1.38. The molecule has 0 unspecified atom stereocenters. The first-order valence-electron chi connectivity index (χ1n) is 3.87. The molecule has 0 bridgehead atoms. The van der Waals surface area contributed by atoms with Crippen LogP contribution in [0.1, 0.15) is 12.0 Å². The van der Waals surface area contributed by atoms with Crippen molar-refractivity contribution < 1.29 is 4.39 Å². The van der Waals surface area contributed by atoms with Crippen LogP contribution >= 0.6 is 27.5 Å². The number of aryl methyl sites for hydroxylation is 1. The molecule has 0 aliphatic rings. The fourth-order valence-corrected chi connectivity index (χ4v) is 1.54. The highest BCUT2D eigenvalue weighted by Crippen LogP contribution is 2.21. The molecule has 0 saturated carbocycles. The average molecular weight is 264 g/mol. The fourth-order valence-electron chi connectivity index (χ4n) is 1.01. The predicted octanol–water partition coefficient (Wildman–Crippen LogP) is 4.27. The summed E-state index contributed by atoms with van der Waals surface area (Å²) in [6, 6.07) is 4.62. The molecular weight excluding hydrogens is 254 g/mol. The van der Waals surface area contributed by atoms with Crippen LogP contribution < -0.4 is 0 Å². The maximum Gasteiger partial charge on any atom is 0.123 e. The topological polar surface area (TPSA) is 0 Å². The quantitative estimate of drug-likeness (QED) is 0.764. The van der Waals surface area contributed by atoms with E-state index in [1.165, 1.54) is 12.1 Å². The third-order valence-electron chi connectivity index (χ3n) is 1.67. The zero-order chi connectivity index (χ0) is 9.84. The molecule has 13 heavy (non-hydrogen) atoms. The Hall–Kier alpha value is -0.340. The normalized spacial score (nSPS) is 10.1. The van der Waals surface area contributed by atoms with Crippen LogP contribution in [0.4, 0.5) is 4.39 Å². The lowest BCUT2D eigenvalue weighted by Gasteiger charge is -2.03. The maximum atomic E-state index is 12.8. The highest BCUT2D eigenvalue weighted by molar-refractivity contribution is 9.10. The smallest absolute Gasteiger partial charge is 0.123 e. The predicted molar refractivity (Wildman–Crippen MR) is 57.4 cm³/mol. The summed E-state index contributed by atoms with van der Waals surface area (Å²) >= 11 is 8.96. The van der Waals surface area contributed by atoms with Crippen LogP contribution in [0.3, 0.4) is 0 Å². The van der Waals surface area contributed by atoms with Crippen molar-refractivity contribution in [3.8, 4) is 0 Å². The van der Waals surface area contributed by atoms with Gasteiger partial charge in [0.05, 0.1) is 0 Å². The summed E-state index contributed by atoms with van der Waals surface area (Å²) in [4.78, 5) is 0. The van der Waals surface area contributed by atoms with Crippen molar-refractivity contribution in [2.75, 3.05) is 0 Å². The second-order valence-electron chi connectivity index (χ2n) is 2.75. The third kappa shape index (κ3) is 3.49. The zero-order valence-corrected chi connectivity index (χ0v) is 9.33. The Labute approximate surface area is 90.5 Å². The molecule has 0 spiro atoms. The van der Waals surface area contributed by atoms with E-state index in [0.29, 0.717) is 17.9 Å². The van der Waals surface area contributed by atoms with Crippen molar-refractivity contribution in [1.82, 2.24) is 0 Å². The Morgan fingerprint density at radius 2 is 2.23 bits per heavy atom. The first-order chi connectivity index (χ1) is 6.09. The molecule has 0 aromatic heterocycles. The Bertz CT molecular complexity index is 323. The summed E-state index contributed by atoms with van der Waals surface area (Å²) in [5, 5.41) is 0.594. The van der Waals surface area contributed by atoms with E-state index in [1.807, 2.05) is 0 Å². The van der Waals surface area contributed by atoms with E-state index >= 15 is 0 Å². The molecule has 1 aromatic rings. The minimum Gasteiger partial charge on any atom is -0.207 e. The second-order valence-corrected chi connectivity index (χ2v) is 4.14. The van der Waals surface area contributed by atoms with E-state index < -0.39 is 0 Å². The van der Waals surface area contributed by atoms with Gasteiger partial charge in [0.15, 0.2) is 0 Å². The Morgan fingerprint density at radius 1 is 1.54 bits per heavy atom. The monoisotopic (exact) mass is 262 g/mol. The summed E-state index contributed by atoms with van der Waals surface area (Å²) in [5.74, 6) is -0.224. The number of allylic oxidation sites excluding steroid dienone is 1. The van der Waals surface area contributed by atoms with Crippen LogP contribution in [0.5, 0.6) is 0 Å². The first-order valence-corrected chi connectivity index (χ1v) is 5.04. The molecule has 0 nitrogen and oxygen atoms in total. The molecule has 0 heterocycles. The largest absolute Gasteiger partial charge is 0.207 e. The van der Waals surface area contributed by atoms with E-state index in [4.69, 9.17) is 11.6 Å². The summed E-state index contributed by atoms with van der Waals surface area (Å²) in [5.41, 5.74) is 0.918. The summed E-state index contributed by atoms with van der Waals surface area (Å²) < 4.78 is 13.7. The highest BCUT2D eigenvalue weighted by Gasteiger charge is 2.01. The fraction of sp³-hybridized carbons (Fsp3) is 0.200. The van der Waals surface area contributed by atoms with Crippen LogP contribution in [-0.2, 0) is 6.42 Å². The minimum absolute atomic E-state index is 0.224. The standard InChI is InChI=1S/C10H9BrClF/c1-7(12)2-3-8-6-9(13)4-5-10(8)11/h4-6H,1-3H2. The van der Waals surface area contributed by atoms with E-state index in [1.54, 1.807) is 6.07 Å². The number of hydrogen-bond acceptors (Lipinski definition) is 0. The zero-order valence-electron chi connectivity index (χ0n) is 6.99. The van der Waals surface area contributed by atoms with Gasteiger partial charge in [-0.3, -0.25) is 0 Å². The van der Waals surface area contributed by atoms with E-state index in [2.05, 4.69) is 22.5 Å². The Balaban J connectivity index is 2.75. The van der Waals surface area contributed by atoms with Crippen LogP contribution in [-0.4, -0.2) is 0 Å². The molecule has 1 rings (SSSR count). The van der Waals surface area contributed by atoms with Gasteiger partial charge in [0.1, 0.15) is 5.82 Å². The van der Waals surface area contributed by atoms with Gasteiger partial charge >= 0.3 is 0 Å². The molecule has 1 aromatic carbocycles. The van der Waals surface area contributed by atoms with Gasteiger partial charge in [0, 0.05) is 9.51 Å². The molecule has 0 amide bonds. The van der Waals surface area contributed by atoms with Crippen molar-refractivity contribution >= 4 is 27.5 Å². The molecule has 0 aliphatic heterocycles. The van der Waals surface area contributed by atoms with Gasteiger partial charge in [0.2, 0.25) is 0 Å². The molecule has 0 radical (unpaired) electrons. The minimum atomic E-state index is -0.224. The van der Waals surface area contributed by atoms with Gasteiger partial charge in [0.25, 0.3) is 0 Å². The lowest BCUT2D eigenvalue weighted by atomic mass is 10.1. The van der Waals surface area contributed by atoms with Crippen LogP contribution in [0.15, 0.2) is 34.3 Å². The molecule has 0 aliphatic carbocycles. The van der Waals surface area contributed by atoms with Gasteiger partial charge in [-0.2, -0.15) is 0 Å². The van der Waals surface area contributed by atoms with E-state index in [0.717, 1.165) is 10.0 Å². The van der Waals surface area contributed by atoms with Gasteiger partial charge < -0.3 is 0 Å². The molecular formula is C10H9BrClF. The third-order valence-corrected chi connectivity index (χ3v) is 2.64. The van der Waals surface area contributed by atoms with E-state index in [-0.39, 0.29) is 5.82 Å². The molecule has 0 fully saturated rings. The molecule has 70 valence electrons. The second kappa shape index (κ2) is 4.77. The molecule has 3 heteroatoms. The Kier molecular flexibility index (Phi) is 3.94. The molecule has 0 N–H and O–H groups in total. The number of rotatable bonds is 3. The molecule has 0 atom stereocenters. The lowest BCUT2D eigenvalue weighted by molar-refractivity contribution is 0.625. The lowest BCUT2D eigenvalue weighted by Crippen LogP contribution is -1.88. The highest BCUT2D eigenvalue weighted by atomic mass is 79.9. The van der Waals surface area contributed by atoms with Crippen molar-refractivity contribution in [3.05, 3.63) is 45.7 Å². The first kappa shape index (κ1) is 10.7. The summed E-state index contributed by atoms with van der Waals surface area (Å²) in [7, 11) is 0. The number of benzene rings is 1. The van der Waals surface area contributed by atoms with Gasteiger partial charge in [-0.05, 0) is 36.6 Å². The maximum absolute atomic E-state index is 12.8. The summed E-state index contributed by atoms with van der Waals surface area (Å²) in [6.45, 7) is 3.58. The van der Waals surface area contributed by atoms with E-state index in [9.17, 15) is 4.39 Å². The van der Waals surface area contributed by atoms with Crippen LogP contribution in [0, 0.1) is 5.82 Å². The van der Waals surface area contributed by atoms with Crippen LogP contribution in [0.2, 0.25) is 0 Å². The van der Waals surface area contributed by atoms with Gasteiger partial charge in [-0.25, -0.2) is 4.39 Å². The van der Waals surface area contributed by atoms with Gasteiger partial charge in [-0.1, -0.05) is 34.1 Å². The van der Waals surface area contributed by atoms with Crippen molar-refractivity contribution in [1.29, 1.82) is 0 Å². The van der Waals surface area contributed by atoms with Crippen molar-refractivity contribution in [2.24, 2.45) is 0 Å². The van der Waals surface area contributed by atoms with Crippen LogP contribution in [0.25, 0.3) is 0 Å². The number of hydrogen-bond donors (Lipinski definition) is 0.